The Bertz CT molecular complexity index is 197. The molecule has 1 aliphatic rings. The van der Waals surface area contributed by atoms with Gasteiger partial charge >= 0.3 is 6.18 Å². The van der Waals surface area contributed by atoms with E-state index >= 15 is 0 Å². The smallest absolute Gasteiger partial charge is 0.389 e. The van der Waals surface area contributed by atoms with Crippen LogP contribution in [0, 0.1) is 0 Å². The topological polar surface area (TPSA) is 29.5 Å². The SMILES string of the molecule is CC1(C(O)CCCC(F)(F)F)CCCO1. The maximum atomic E-state index is 11.9. The Hall–Kier alpha value is -0.290. The van der Waals surface area contributed by atoms with Crippen LogP contribution in [0.3, 0.4) is 0 Å². The minimum Gasteiger partial charge on any atom is -0.390 e. The largest absolute Gasteiger partial charge is 0.390 e. The average molecular weight is 226 g/mol. The molecule has 0 aliphatic carbocycles. The molecule has 0 saturated carbocycles. The number of hydrogen-bond acceptors (Lipinski definition) is 2. The van der Waals surface area contributed by atoms with Gasteiger partial charge in [0.2, 0.25) is 0 Å². The van der Waals surface area contributed by atoms with Gasteiger partial charge in [0.05, 0.1) is 11.7 Å². The molecule has 0 bridgehead atoms. The highest BCUT2D eigenvalue weighted by Gasteiger charge is 2.37. The lowest BCUT2D eigenvalue weighted by molar-refractivity contribution is -0.139. The molecule has 0 aromatic carbocycles. The second-order valence-electron chi connectivity index (χ2n) is 4.29. The lowest BCUT2D eigenvalue weighted by Crippen LogP contribution is -2.38. The van der Waals surface area contributed by atoms with Crippen LogP contribution in [0.2, 0.25) is 0 Å². The molecule has 1 rings (SSSR count). The van der Waals surface area contributed by atoms with Crippen molar-refractivity contribution < 1.29 is 23.0 Å². The monoisotopic (exact) mass is 226 g/mol. The Kier molecular flexibility index (Phi) is 4.00. The second-order valence-corrected chi connectivity index (χ2v) is 4.29. The van der Waals surface area contributed by atoms with Gasteiger partial charge in [0.15, 0.2) is 0 Å². The Balaban J connectivity index is 2.26. The first-order valence-corrected chi connectivity index (χ1v) is 5.22. The normalized spacial score (nSPS) is 29.4. The summed E-state index contributed by atoms with van der Waals surface area (Å²) in [6.45, 7) is 2.35. The number of alkyl halides is 3. The van der Waals surface area contributed by atoms with Crippen LogP contribution in [0.4, 0.5) is 13.2 Å². The van der Waals surface area contributed by atoms with Gasteiger partial charge in [0.25, 0.3) is 0 Å². The van der Waals surface area contributed by atoms with E-state index in [1.807, 2.05) is 0 Å². The van der Waals surface area contributed by atoms with Crippen molar-refractivity contribution in [3.05, 3.63) is 0 Å². The Labute approximate surface area is 87.4 Å². The Morgan fingerprint density at radius 1 is 1.47 bits per heavy atom. The fraction of sp³-hybridized carbons (Fsp3) is 1.00. The van der Waals surface area contributed by atoms with Crippen molar-refractivity contribution in [1.82, 2.24) is 0 Å². The summed E-state index contributed by atoms with van der Waals surface area (Å²) in [6, 6.07) is 0. The molecular formula is C10H17F3O2. The molecule has 15 heavy (non-hydrogen) atoms. The Morgan fingerprint density at radius 2 is 2.13 bits per heavy atom. The van der Waals surface area contributed by atoms with Crippen molar-refractivity contribution in [2.75, 3.05) is 6.61 Å². The molecule has 0 aromatic heterocycles. The van der Waals surface area contributed by atoms with Crippen molar-refractivity contribution in [2.45, 2.75) is 56.9 Å². The molecule has 0 aromatic rings. The van der Waals surface area contributed by atoms with Crippen LogP contribution in [-0.2, 0) is 4.74 Å². The maximum Gasteiger partial charge on any atom is 0.389 e. The third-order valence-corrected chi connectivity index (χ3v) is 2.89. The lowest BCUT2D eigenvalue weighted by Gasteiger charge is -2.29. The van der Waals surface area contributed by atoms with Crippen LogP contribution in [0.5, 0.6) is 0 Å². The first-order chi connectivity index (χ1) is 6.83. The summed E-state index contributed by atoms with van der Waals surface area (Å²) in [5.74, 6) is 0. The highest BCUT2D eigenvalue weighted by atomic mass is 19.4. The van der Waals surface area contributed by atoms with Gasteiger partial charge in [0.1, 0.15) is 0 Å². The highest BCUT2D eigenvalue weighted by Crippen LogP contribution is 2.32. The van der Waals surface area contributed by atoms with Crippen LogP contribution in [0.1, 0.15) is 39.0 Å². The molecule has 0 radical (unpaired) electrons. The van der Waals surface area contributed by atoms with Gasteiger partial charge in [-0.15, -0.1) is 0 Å². The quantitative estimate of drug-likeness (QED) is 0.798. The van der Waals surface area contributed by atoms with Gasteiger partial charge < -0.3 is 9.84 Å². The minimum absolute atomic E-state index is 0.0381. The predicted molar refractivity (Wildman–Crippen MR) is 49.5 cm³/mol. The third-order valence-electron chi connectivity index (χ3n) is 2.89. The van der Waals surface area contributed by atoms with Crippen LogP contribution >= 0.6 is 0 Å². The van der Waals surface area contributed by atoms with E-state index in [4.69, 9.17) is 4.74 Å². The summed E-state index contributed by atoms with van der Waals surface area (Å²) in [4.78, 5) is 0. The predicted octanol–water partition coefficient (Wildman–Crippen LogP) is 2.65. The van der Waals surface area contributed by atoms with Crippen molar-refractivity contribution in [2.24, 2.45) is 0 Å². The maximum absolute atomic E-state index is 11.9. The van der Waals surface area contributed by atoms with Gasteiger partial charge in [-0.25, -0.2) is 0 Å². The van der Waals surface area contributed by atoms with Crippen LogP contribution in [0.15, 0.2) is 0 Å². The van der Waals surface area contributed by atoms with Gasteiger partial charge in [-0.3, -0.25) is 0 Å². The van der Waals surface area contributed by atoms with Gasteiger partial charge in [-0.2, -0.15) is 13.2 Å². The zero-order valence-corrected chi connectivity index (χ0v) is 8.81. The van der Waals surface area contributed by atoms with E-state index in [2.05, 4.69) is 0 Å². The number of hydrogen-bond donors (Lipinski definition) is 1. The molecule has 1 N–H and O–H groups in total. The molecule has 0 amide bonds. The summed E-state index contributed by atoms with van der Waals surface area (Å²) >= 11 is 0. The first-order valence-electron chi connectivity index (χ1n) is 5.22. The van der Waals surface area contributed by atoms with E-state index in [0.717, 1.165) is 12.8 Å². The number of halogens is 3. The highest BCUT2D eigenvalue weighted by molar-refractivity contribution is 4.87. The van der Waals surface area contributed by atoms with E-state index in [0.29, 0.717) is 6.61 Å². The average Bonchev–Trinajstić information content (AvgIpc) is 2.51. The summed E-state index contributed by atoms with van der Waals surface area (Å²) < 4.78 is 41.0. The molecule has 1 fully saturated rings. The van der Waals surface area contributed by atoms with E-state index in [1.54, 1.807) is 6.92 Å². The third kappa shape index (κ3) is 3.99. The fourth-order valence-electron chi connectivity index (χ4n) is 1.86. The van der Waals surface area contributed by atoms with Crippen LogP contribution < -0.4 is 0 Å². The van der Waals surface area contributed by atoms with Crippen molar-refractivity contribution in [1.29, 1.82) is 0 Å². The van der Waals surface area contributed by atoms with Crippen molar-refractivity contribution in [3.63, 3.8) is 0 Å². The minimum atomic E-state index is -4.13. The molecule has 2 nitrogen and oxygen atoms in total. The molecule has 2 atom stereocenters. The standard InChI is InChI=1S/C10H17F3O2/c1-9(5-3-7-15-9)8(14)4-2-6-10(11,12)13/h8,14H,2-7H2,1H3. The van der Waals surface area contributed by atoms with E-state index in [-0.39, 0.29) is 12.8 Å². The molecular weight excluding hydrogens is 209 g/mol. The molecule has 90 valence electrons. The van der Waals surface area contributed by atoms with Gasteiger partial charge in [0, 0.05) is 13.0 Å². The fourth-order valence-corrected chi connectivity index (χ4v) is 1.86. The number of aliphatic hydroxyl groups excluding tert-OH is 1. The van der Waals surface area contributed by atoms with E-state index < -0.39 is 24.3 Å². The van der Waals surface area contributed by atoms with Crippen LogP contribution in [0.25, 0.3) is 0 Å². The number of aliphatic hydroxyl groups is 1. The number of ether oxygens (including phenoxy) is 1. The summed E-state index contributed by atoms with van der Waals surface area (Å²) in [5.41, 5.74) is -0.633. The number of rotatable bonds is 4. The molecule has 2 unspecified atom stereocenters. The van der Waals surface area contributed by atoms with Crippen molar-refractivity contribution in [3.8, 4) is 0 Å². The molecule has 1 aliphatic heterocycles. The Morgan fingerprint density at radius 3 is 2.60 bits per heavy atom. The molecule has 0 spiro atoms. The van der Waals surface area contributed by atoms with Crippen molar-refractivity contribution >= 4 is 0 Å². The molecule has 1 saturated heterocycles. The first kappa shape index (κ1) is 12.8. The van der Waals surface area contributed by atoms with Crippen LogP contribution in [-0.4, -0.2) is 29.6 Å². The summed E-state index contributed by atoms with van der Waals surface area (Å²) in [5, 5.41) is 9.71. The van der Waals surface area contributed by atoms with Gasteiger partial charge in [-0.1, -0.05) is 0 Å². The van der Waals surface area contributed by atoms with E-state index in [1.165, 1.54) is 0 Å². The summed E-state index contributed by atoms with van der Waals surface area (Å²) in [7, 11) is 0. The molecule has 1 heterocycles. The van der Waals surface area contributed by atoms with E-state index in [9.17, 15) is 18.3 Å². The zero-order valence-electron chi connectivity index (χ0n) is 8.81. The zero-order chi connectivity index (χ0) is 11.5. The van der Waals surface area contributed by atoms with Gasteiger partial charge in [-0.05, 0) is 32.6 Å². The second kappa shape index (κ2) is 4.70. The lowest BCUT2D eigenvalue weighted by atomic mass is 9.92. The summed E-state index contributed by atoms with van der Waals surface area (Å²) in [6.07, 6.45) is -4.05. The molecule has 5 heteroatoms.